The molecule has 5 heterocycles. The standard InChI is InChI=1S/C25H29FN8.C2H6/c1-16(2)23-21-12-17(6-10-34(21)15-29-23)24-19(26)13-28-25(32-24)31-22-5-4-18-14-33(11-8-27-3)9-7-20(18)30-22;1-2/h4-6,10,12-13,15-16,27H,7-9,11,14H2,1-3H3,(H,28,30,31,32);1-2H3. The third-order valence-corrected chi connectivity index (χ3v) is 6.18. The lowest BCUT2D eigenvalue weighted by Gasteiger charge is -2.28. The van der Waals surface area contributed by atoms with Crippen LogP contribution in [0.25, 0.3) is 16.8 Å². The Balaban J connectivity index is 0.00000148. The van der Waals surface area contributed by atoms with Crippen LogP contribution in [-0.2, 0) is 13.0 Å². The van der Waals surface area contributed by atoms with E-state index >= 15 is 0 Å². The maximum atomic E-state index is 14.7. The fraction of sp³-hybridized carbons (Fsp3) is 0.407. The van der Waals surface area contributed by atoms with Crippen molar-refractivity contribution in [1.29, 1.82) is 0 Å². The minimum atomic E-state index is -0.472. The highest BCUT2D eigenvalue weighted by molar-refractivity contribution is 5.69. The number of fused-ring (bicyclic) bond motifs is 2. The van der Waals surface area contributed by atoms with E-state index in [1.54, 1.807) is 6.33 Å². The molecule has 0 bridgehead atoms. The Kier molecular flexibility index (Phi) is 8.22. The number of nitrogens with zero attached hydrogens (tertiary/aromatic N) is 6. The molecule has 0 aromatic carbocycles. The minimum absolute atomic E-state index is 0.244. The molecule has 0 unspecified atom stereocenters. The van der Waals surface area contributed by atoms with E-state index in [4.69, 9.17) is 4.98 Å². The van der Waals surface area contributed by atoms with Gasteiger partial charge in [-0.2, -0.15) is 0 Å². The zero-order chi connectivity index (χ0) is 25.7. The zero-order valence-electron chi connectivity index (χ0n) is 21.7. The molecule has 5 rings (SSSR count). The Bertz CT molecular complexity index is 1320. The van der Waals surface area contributed by atoms with Crippen LogP contribution in [0, 0.1) is 5.82 Å². The molecule has 9 heteroatoms. The fourth-order valence-corrected chi connectivity index (χ4v) is 4.35. The van der Waals surface area contributed by atoms with Crippen molar-refractivity contribution in [3.63, 3.8) is 0 Å². The van der Waals surface area contributed by atoms with Gasteiger partial charge in [0, 0.05) is 50.1 Å². The zero-order valence-corrected chi connectivity index (χ0v) is 21.7. The highest BCUT2D eigenvalue weighted by Gasteiger charge is 2.18. The van der Waals surface area contributed by atoms with Crippen LogP contribution in [-0.4, -0.2) is 55.9 Å². The molecule has 0 saturated heterocycles. The van der Waals surface area contributed by atoms with Crippen LogP contribution in [0.5, 0.6) is 0 Å². The van der Waals surface area contributed by atoms with E-state index in [1.807, 2.05) is 49.7 Å². The van der Waals surface area contributed by atoms with Gasteiger partial charge < -0.3 is 15.0 Å². The van der Waals surface area contributed by atoms with E-state index in [9.17, 15) is 4.39 Å². The molecule has 4 aromatic rings. The second-order valence-electron chi connectivity index (χ2n) is 8.94. The third-order valence-electron chi connectivity index (χ3n) is 6.18. The second kappa shape index (κ2) is 11.5. The second-order valence-corrected chi connectivity index (χ2v) is 8.94. The fourth-order valence-electron chi connectivity index (χ4n) is 4.35. The number of hydrogen-bond acceptors (Lipinski definition) is 7. The summed E-state index contributed by atoms with van der Waals surface area (Å²) in [6.07, 6.45) is 5.75. The summed E-state index contributed by atoms with van der Waals surface area (Å²) < 4.78 is 16.7. The molecule has 4 aromatic heterocycles. The summed E-state index contributed by atoms with van der Waals surface area (Å²) in [7, 11) is 1.97. The summed E-state index contributed by atoms with van der Waals surface area (Å²) in [6.45, 7) is 12.1. The Morgan fingerprint density at radius 3 is 2.72 bits per heavy atom. The van der Waals surface area contributed by atoms with Crippen LogP contribution in [0.2, 0.25) is 0 Å². The van der Waals surface area contributed by atoms with E-state index in [2.05, 4.69) is 50.4 Å². The van der Waals surface area contributed by atoms with Crippen molar-refractivity contribution in [3.8, 4) is 11.3 Å². The number of halogens is 1. The van der Waals surface area contributed by atoms with Gasteiger partial charge >= 0.3 is 0 Å². The van der Waals surface area contributed by atoms with Gasteiger partial charge in [-0.15, -0.1) is 0 Å². The van der Waals surface area contributed by atoms with Gasteiger partial charge in [0.15, 0.2) is 5.82 Å². The first-order chi connectivity index (χ1) is 17.5. The molecule has 1 aliphatic rings. The topological polar surface area (TPSA) is 83.3 Å². The molecule has 2 N–H and O–H groups in total. The van der Waals surface area contributed by atoms with Crippen LogP contribution >= 0.6 is 0 Å². The molecular weight excluding hydrogens is 455 g/mol. The van der Waals surface area contributed by atoms with Crippen LogP contribution in [0.1, 0.15) is 50.6 Å². The van der Waals surface area contributed by atoms with Crippen molar-refractivity contribution in [2.24, 2.45) is 0 Å². The number of rotatable bonds is 7. The van der Waals surface area contributed by atoms with E-state index in [0.29, 0.717) is 17.3 Å². The van der Waals surface area contributed by atoms with E-state index < -0.39 is 5.82 Å². The van der Waals surface area contributed by atoms with Gasteiger partial charge in [-0.1, -0.05) is 33.8 Å². The number of pyridine rings is 2. The Hall–Kier alpha value is -3.43. The van der Waals surface area contributed by atoms with Crippen molar-refractivity contribution >= 4 is 17.3 Å². The summed E-state index contributed by atoms with van der Waals surface area (Å²) in [5, 5.41) is 6.36. The van der Waals surface area contributed by atoms with Crippen LogP contribution < -0.4 is 10.6 Å². The summed E-state index contributed by atoms with van der Waals surface area (Å²) in [4.78, 5) is 20.3. The lowest BCUT2D eigenvalue weighted by molar-refractivity contribution is 0.254. The van der Waals surface area contributed by atoms with Gasteiger partial charge in [-0.25, -0.2) is 24.3 Å². The van der Waals surface area contributed by atoms with Crippen molar-refractivity contribution in [1.82, 2.24) is 34.6 Å². The lowest BCUT2D eigenvalue weighted by atomic mass is 10.1. The number of hydrogen-bond donors (Lipinski definition) is 2. The summed E-state index contributed by atoms with van der Waals surface area (Å²) in [5.74, 6) is 0.764. The molecule has 0 saturated carbocycles. The first kappa shape index (κ1) is 25.7. The maximum absolute atomic E-state index is 14.7. The van der Waals surface area contributed by atoms with Crippen molar-refractivity contribution < 1.29 is 4.39 Å². The number of imidazole rings is 1. The molecule has 0 aliphatic carbocycles. The van der Waals surface area contributed by atoms with Crippen molar-refractivity contribution in [2.45, 2.75) is 46.6 Å². The smallest absolute Gasteiger partial charge is 0.229 e. The average molecular weight is 491 g/mol. The first-order valence-corrected chi connectivity index (χ1v) is 12.6. The molecule has 0 radical (unpaired) electrons. The van der Waals surface area contributed by atoms with Crippen LogP contribution in [0.3, 0.4) is 0 Å². The molecule has 0 spiro atoms. The molecule has 190 valence electrons. The highest BCUT2D eigenvalue weighted by Crippen LogP contribution is 2.27. The van der Waals surface area contributed by atoms with Gasteiger partial charge in [0.05, 0.1) is 23.7 Å². The average Bonchev–Trinajstić information content (AvgIpc) is 3.33. The molecular formula is C27H35FN8. The van der Waals surface area contributed by atoms with Crippen molar-refractivity contribution in [2.75, 3.05) is 32.0 Å². The molecule has 1 aliphatic heterocycles. The summed E-state index contributed by atoms with van der Waals surface area (Å²) in [5.41, 5.74) is 5.16. The van der Waals surface area contributed by atoms with Crippen molar-refractivity contribution in [3.05, 3.63) is 65.8 Å². The van der Waals surface area contributed by atoms with Gasteiger partial charge in [-0.3, -0.25) is 4.90 Å². The molecule has 0 amide bonds. The number of likely N-dealkylation sites (N-methyl/N-ethyl adjacent to an activating group) is 1. The Morgan fingerprint density at radius 1 is 1.11 bits per heavy atom. The lowest BCUT2D eigenvalue weighted by Crippen LogP contribution is -2.35. The number of aromatic nitrogens is 5. The summed E-state index contributed by atoms with van der Waals surface area (Å²) >= 11 is 0. The van der Waals surface area contributed by atoms with Gasteiger partial charge in [0.2, 0.25) is 5.95 Å². The monoisotopic (exact) mass is 490 g/mol. The highest BCUT2D eigenvalue weighted by atomic mass is 19.1. The molecule has 0 fully saturated rings. The predicted octanol–water partition coefficient (Wildman–Crippen LogP) is 4.80. The summed E-state index contributed by atoms with van der Waals surface area (Å²) in [6, 6.07) is 7.79. The Morgan fingerprint density at radius 2 is 1.94 bits per heavy atom. The van der Waals surface area contributed by atoms with Gasteiger partial charge in [0.1, 0.15) is 11.5 Å². The third kappa shape index (κ3) is 5.52. The van der Waals surface area contributed by atoms with E-state index in [-0.39, 0.29) is 11.6 Å². The Labute approximate surface area is 212 Å². The number of anilines is 2. The normalized spacial score (nSPS) is 13.4. The SMILES string of the molecule is CC.CNCCN1CCc2nc(Nc3ncc(F)c(-c4ccn5cnc(C(C)C)c5c4)n3)ccc2C1. The van der Waals surface area contributed by atoms with Crippen LogP contribution in [0.4, 0.5) is 16.2 Å². The molecule has 0 atom stereocenters. The largest absolute Gasteiger partial charge is 0.318 e. The first-order valence-electron chi connectivity index (χ1n) is 12.6. The van der Waals surface area contributed by atoms with E-state index in [1.165, 1.54) is 11.8 Å². The number of nitrogens with one attached hydrogen (secondary N) is 2. The van der Waals surface area contributed by atoms with E-state index in [0.717, 1.165) is 49.5 Å². The molecule has 36 heavy (non-hydrogen) atoms. The maximum Gasteiger partial charge on any atom is 0.229 e. The van der Waals surface area contributed by atoms with Crippen LogP contribution in [0.15, 0.2) is 43.0 Å². The molecule has 8 nitrogen and oxygen atoms in total. The minimum Gasteiger partial charge on any atom is -0.318 e. The van der Waals surface area contributed by atoms with Gasteiger partial charge in [0.25, 0.3) is 0 Å². The predicted molar refractivity (Wildman–Crippen MR) is 142 cm³/mol. The van der Waals surface area contributed by atoms with Gasteiger partial charge in [-0.05, 0) is 36.7 Å². The quantitative estimate of drug-likeness (QED) is 0.385.